The highest BCUT2D eigenvalue weighted by atomic mass is 19.1. The highest BCUT2D eigenvalue weighted by molar-refractivity contribution is 5.91. The van der Waals surface area contributed by atoms with Crippen molar-refractivity contribution in [3.8, 4) is 0 Å². The monoisotopic (exact) mass is 383 g/mol. The number of nitrogens with zero attached hydrogens (tertiary/aromatic N) is 2. The van der Waals surface area contributed by atoms with Gasteiger partial charge >= 0.3 is 5.97 Å². The van der Waals surface area contributed by atoms with E-state index in [2.05, 4.69) is 44.2 Å². The third kappa shape index (κ3) is 5.89. The van der Waals surface area contributed by atoms with Crippen molar-refractivity contribution in [3.63, 3.8) is 0 Å². The summed E-state index contributed by atoms with van der Waals surface area (Å²) in [5, 5.41) is 3.46. The van der Waals surface area contributed by atoms with Gasteiger partial charge in [0.15, 0.2) is 0 Å². The molecule has 0 spiro atoms. The van der Waals surface area contributed by atoms with E-state index in [0.29, 0.717) is 11.6 Å². The number of likely N-dealkylation sites (tertiary alicyclic amines) is 1. The number of piperidine rings is 1. The Morgan fingerprint density at radius 2 is 2.14 bits per heavy atom. The van der Waals surface area contributed by atoms with Gasteiger partial charge < -0.3 is 10.1 Å². The van der Waals surface area contributed by atoms with Crippen LogP contribution in [-0.2, 0) is 16.1 Å². The van der Waals surface area contributed by atoms with E-state index >= 15 is 0 Å². The molecule has 0 bridgehead atoms. The average molecular weight is 383 g/mol. The summed E-state index contributed by atoms with van der Waals surface area (Å²) in [5.41, 5.74) is 1.84. The summed E-state index contributed by atoms with van der Waals surface area (Å²) in [6, 6.07) is 14.3. The third-order valence-electron chi connectivity index (χ3n) is 4.66. The van der Waals surface area contributed by atoms with E-state index in [9.17, 15) is 9.18 Å². The molecule has 1 aliphatic rings. The molecular weight excluding hydrogens is 357 g/mol. The number of benzene rings is 1. The Morgan fingerprint density at radius 3 is 2.86 bits per heavy atom. The molecule has 1 atom stereocenters. The molecule has 0 saturated carbocycles. The van der Waals surface area contributed by atoms with Gasteiger partial charge in [-0.15, -0.1) is 0 Å². The summed E-state index contributed by atoms with van der Waals surface area (Å²) >= 11 is 0. The minimum absolute atomic E-state index is 0.143. The zero-order valence-corrected chi connectivity index (χ0v) is 16.1. The lowest BCUT2D eigenvalue weighted by atomic mass is 10.0. The maximum absolute atomic E-state index is 13.7. The molecule has 1 aromatic heterocycles. The normalized spacial score (nSPS) is 17.9. The largest absolute Gasteiger partial charge is 0.461 e. The Kier molecular flexibility index (Phi) is 7.14. The minimum Gasteiger partial charge on any atom is -0.461 e. The molecule has 5 nitrogen and oxygen atoms in total. The molecule has 1 aliphatic heterocycles. The minimum atomic E-state index is -0.953. The van der Waals surface area contributed by atoms with E-state index in [0.717, 1.165) is 44.4 Å². The van der Waals surface area contributed by atoms with Crippen LogP contribution in [0.4, 0.5) is 10.2 Å². The van der Waals surface area contributed by atoms with Crippen LogP contribution in [0.3, 0.4) is 0 Å². The Balaban J connectivity index is 1.55. The first-order valence-electron chi connectivity index (χ1n) is 9.67. The number of nitrogens with one attached hydrogen (secondary N) is 1. The number of rotatable bonds is 7. The maximum atomic E-state index is 13.7. The lowest BCUT2D eigenvalue weighted by Gasteiger charge is -2.33. The second-order valence-corrected chi connectivity index (χ2v) is 6.89. The number of carbonyl (C=O) groups is 1. The van der Waals surface area contributed by atoms with Gasteiger partial charge in [0.25, 0.3) is 0 Å². The number of hydrogen-bond acceptors (Lipinski definition) is 5. The first-order valence-corrected chi connectivity index (χ1v) is 9.67. The van der Waals surface area contributed by atoms with E-state index in [1.807, 2.05) is 6.07 Å². The van der Waals surface area contributed by atoms with Crippen LogP contribution in [0.2, 0.25) is 0 Å². The molecule has 1 saturated heterocycles. The van der Waals surface area contributed by atoms with E-state index in [1.165, 1.54) is 5.56 Å². The fourth-order valence-corrected chi connectivity index (χ4v) is 3.35. The fraction of sp³-hybridized carbons (Fsp3) is 0.364. The Morgan fingerprint density at radius 1 is 1.32 bits per heavy atom. The van der Waals surface area contributed by atoms with Crippen molar-refractivity contribution in [2.75, 3.05) is 25.0 Å². The first kappa shape index (κ1) is 20.0. The summed E-state index contributed by atoms with van der Waals surface area (Å²) < 4.78 is 18.3. The van der Waals surface area contributed by atoms with Gasteiger partial charge in [0.05, 0.1) is 6.61 Å². The maximum Gasteiger partial charge on any atom is 0.367 e. The number of anilines is 1. The molecule has 6 heteroatoms. The number of pyridine rings is 1. The number of carbonyl (C=O) groups excluding carboxylic acids is 1. The predicted molar refractivity (Wildman–Crippen MR) is 108 cm³/mol. The van der Waals surface area contributed by atoms with Crippen LogP contribution < -0.4 is 5.32 Å². The van der Waals surface area contributed by atoms with Crippen LogP contribution >= 0.6 is 0 Å². The van der Waals surface area contributed by atoms with Gasteiger partial charge in [0, 0.05) is 25.3 Å². The van der Waals surface area contributed by atoms with Crippen molar-refractivity contribution in [1.82, 2.24) is 9.88 Å². The zero-order valence-electron chi connectivity index (χ0n) is 16.1. The Labute approximate surface area is 165 Å². The van der Waals surface area contributed by atoms with Crippen molar-refractivity contribution in [3.05, 3.63) is 65.6 Å². The SMILES string of the molecule is CCOC(=O)C(F)=Cc1ccc(N[C@@H]2CCCN(Cc3ccccc3)C2)nc1. The highest BCUT2D eigenvalue weighted by Crippen LogP contribution is 2.18. The van der Waals surface area contributed by atoms with Gasteiger partial charge in [-0.25, -0.2) is 9.78 Å². The molecule has 0 radical (unpaired) electrons. The Hall–Kier alpha value is -2.73. The van der Waals surface area contributed by atoms with E-state index < -0.39 is 11.8 Å². The van der Waals surface area contributed by atoms with Crippen LogP contribution in [0.5, 0.6) is 0 Å². The van der Waals surface area contributed by atoms with E-state index in [-0.39, 0.29) is 6.61 Å². The third-order valence-corrected chi connectivity index (χ3v) is 4.66. The molecular formula is C22H26FN3O2. The van der Waals surface area contributed by atoms with Gasteiger partial charge in [-0.3, -0.25) is 4.90 Å². The van der Waals surface area contributed by atoms with Gasteiger partial charge in [-0.2, -0.15) is 4.39 Å². The van der Waals surface area contributed by atoms with Gasteiger partial charge in [-0.05, 0) is 55.6 Å². The van der Waals surface area contributed by atoms with Crippen molar-refractivity contribution in [2.24, 2.45) is 0 Å². The van der Waals surface area contributed by atoms with Crippen molar-refractivity contribution in [1.29, 1.82) is 0 Å². The molecule has 2 heterocycles. The molecule has 2 aromatic rings. The lowest BCUT2D eigenvalue weighted by molar-refractivity contribution is -0.140. The summed E-state index contributed by atoms with van der Waals surface area (Å²) in [4.78, 5) is 18.1. The van der Waals surface area contributed by atoms with Crippen molar-refractivity contribution >= 4 is 17.9 Å². The predicted octanol–water partition coefficient (Wildman–Crippen LogP) is 4.03. The molecule has 1 aromatic carbocycles. The number of hydrogen-bond donors (Lipinski definition) is 1. The molecule has 1 N–H and O–H groups in total. The molecule has 0 aliphatic carbocycles. The quantitative estimate of drug-likeness (QED) is 0.578. The summed E-state index contributed by atoms with van der Waals surface area (Å²) in [5.74, 6) is -1.13. The number of ether oxygens (including phenoxy) is 1. The van der Waals surface area contributed by atoms with Crippen LogP contribution in [0.1, 0.15) is 30.9 Å². The molecule has 0 amide bonds. The van der Waals surface area contributed by atoms with Gasteiger partial charge in [0.2, 0.25) is 5.83 Å². The molecule has 28 heavy (non-hydrogen) atoms. The van der Waals surface area contributed by atoms with Crippen LogP contribution in [-0.4, -0.2) is 41.6 Å². The zero-order chi connectivity index (χ0) is 19.8. The molecule has 3 rings (SSSR count). The highest BCUT2D eigenvalue weighted by Gasteiger charge is 2.20. The summed E-state index contributed by atoms with van der Waals surface area (Å²) in [7, 11) is 0. The molecule has 1 fully saturated rings. The fourth-order valence-electron chi connectivity index (χ4n) is 3.35. The summed E-state index contributed by atoms with van der Waals surface area (Å²) in [6.45, 7) is 4.78. The smallest absolute Gasteiger partial charge is 0.367 e. The summed E-state index contributed by atoms with van der Waals surface area (Å²) in [6.07, 6.45) is 4.91. The number of aromatic nitrogens is 1. The van der Waals surface area contributed by atoms with E-state index in [4.69, 9.17) is 0 Å². The molecule has 148 valence electrons. The average Bonchev–Trinajstić information content (AvgIpc) is 2.71. The second kappa shape index (κ2) is 9.99. The van der Waals surface area contributed by atoms with Crippen LogP contribution in [0, 0.1) is 0 Å². The Bertz CT molecular complexity index is 793. The van der Waals surface area contributed by atoms with Crippen LogP contribution in [0.25, 0.3) is 6.08 Å². The standard InChI is InChI=1S/C22H26FN3O2/c1-2-28-22(27)20(23)13-18-10-11-21(24-14-18)25-19-9-6-12-26(16-19)15-17-7-4-3-5-8-17/h3-5,7-8,10-11,13-14,19H,2,6,9,12,15-16H2,1H3,(H,24,25)/t19-/m1/s1. The van der Waals surface area contributed by atoms with Crippen LogP contribution in [0.15, 0.2) is 54.5 Å². The van der Waals surface area contributed by atoms with Gasteiger partial charge in [0.1, 0.15) is 5.82 Å². The first-order chi connectivity index (χ1) is 13.6. The number of halogens is 1. The van der Waals surface area contributed by atoms with Crippen molar-refractivity contribution < 1.29 is 13.9 Å². The second-order valence-electron chi connectivity index (χ2n) is 6.89. The number of esters is 1. The lowest BCUT2D eigenvalue weighted by Crippen LogP contribution is -2.41. The van der Waals surface area contributed by atoms with Gasteiger partial charge in [-0.1, -0.05) is 30.3 Å². The topological polar surface area (TPSA) is 54.5 Å². The van der Waals surface area contributed by atoms with Crippen molar-refractivity contribution in [2.45, 2.75) is 32.4 Å². The van der Waals surface area contributed by atoms with E-state index in [1.54, 1.807) is 25.3 Å². The molecule has 0 unspecified atom stereocenters.